The molecule has 0 fully saturated rings. The van der Waals surface area contributed by atoms with Gasteiger partial charge in [-0.15, -0.1) is 0 Å². The molecule has 1 heterocycles. The number of ketones is 1. The predicted molar refractivity (Wildman–Crippen MR) is 84.2 cm³/mol. The van der Waals surface area contributed by atoms with Crippen molar-refractivity contribution in [3.63, 3.8) is 0 Å². The molecule has 21 heavy (non-hydrogen) atoms. The lowest BCUT2D eigenvalue weighted by Gasteiger charge is -2.09. The third-order valence-electron chi connectivity index (χ3n) is 3.60. The minimum absolute atomic E-state index is 0.0205. The summed E-state index contributed by atoms with van der Waals surface area (Å²) in [6, 6.07) is 17.8. The average molecular weight is 277 g/mol. The van der Waals surface area contributed by atoms with Crippen LogP contribution in [0.5, 0.6) is 0 Å². The molecule has 2 nitrogen and oxygen atoms in total. The van der Waals surface area contributed by atoms with E-state index in [9.17, 15) is 4.79 Å². The number of carbonyl (C=O) groups is 1. The fraction of sp³-hybridized carbons (Fsp3) is 0.158. The van der Waals surface area contributed by atoms with E-state index in [0.29, 0.717) is 12.2 Å². The number of fused-ring (bicyclic) bond motifs is 1. The Bertz CT molecular complexity index is 740. The van der Waals surface area contributed by atoms with Crippen LogP contribution in [0.25, 0.3) is 10.8 Å². The Kier molecular flexibility index (Phi) is 3.87. The van der Waals surface area contributed by atoms with E-state index in [0.717, 1.165) is 17.2 Å². The lowest BCUT2D eigenvalue weighted by atomic mass is 9.95. The van der Waals surface area contributed by atoms with E-state index < -0.39 is 0 Å². The maximum atomic E-state index is 12.4. The number of rotatable bonds is 5. The molecular weight excluding hydrogens is 260 g/mol. The van der Waals surface area contributed by atoms with Crippen LogP contribution in [0.2, 0.25) is 0 Å². The van der Waals surface area contributed by atoms with Gasteiger partial charge in [0.15, 0.2) is 11.5 Å². The highest BCUT2D eigenvalue weighted by Crippen LogP contribution is 2.23. The van der Waals surface area contributed by atoms with E-state index in [1.807, 2.05) is 42.5 Å². The van der Waals surface area contributed by atoms with E-state index in [-0.39, 0.29) is 11.7 Å². The first kappa shape index (κ1) is 13.6. The summed E-state index contributed by atoms with van der Waals surface area (Å²) in [4.78, 5) is 12.4. The molecule has 2 aromatic carbocycles. The standard InChI is InChI=1S/C19H17O2/c1-14(11-15-7-3-2-4-8-15)12-18(20)19-17-10-6-5-9-16(17)13-21-19/h2-10,13-14H,1,11-12H2. The Morgan fingerprint density at radius 2 is 1.76 bits per heavy atom. The largest absolute Gasteiger partial charge is 0.460 e. The summed E-state index contributed by atoms with van der Waals surface area (Å²) in [6.45, 7) is 4.10. The number of Topliss-reactive ketones (excluding diaryl/α,β-unsaturated/α-hetero) is 1. The van der Waals surface area contributed by atoms with Crippen LogP contribution in [-0.4, -0.2) is 5.78 Å². The summed E-state index contributed by atoms with van der Waals surface area (Å²) in [5.74, 6) is 0.517. The predicted octanol–water partition coefficient (Wildman–Crippen LogP) is 4.70. The summed E-state index contributed by atoms with van der Waals surface area (Å²) in [5.41, 5.74) is 1.20. The van der Waals surface area contributed by atoms with Gasteiger partial charge in [-0.2, -0.15) is 0 Å². The first-order valence-corrected chi connectivity index (χ1v) is 7.10. The topological polar surface area (TPSA) is 30.2 Å². The van der Waals surface area contributed by atoms with Gasteiger partial charge in [0.25, 0.3) is 0 Å². The lowest BCUT2D eigenvalue weighted by Crippen LogP contribution is -2.08. The monoisotopic (exact) mass is 277 g/mol. The highest BCUT2D eigenvalue weighted by Gasteiger charge is 2.17. The number of carbonyl (C=O) groups excluding carboxylic acids is 1. The fourth-order valence-corrected chi connectivity index (χ4v) is 2.58. The molecule has 0 aliphatic carbocycles. The van der Waals surface area contributed by atoms with Crippen LogP contribution < -0.4 is 0 Å². The smallest absolute Gasteiger partial charge is 0.198 e. The molecule has 0 bridgehead atoms. The van der Waals surface area contributed by atoms with Crippen molar-refractivity contribution in [2.75, 3.05) is 0 Å². The molecule has 3 aromatic rings. The molecule has 1 atom stereocenters. The summed E-state index contributed by atoms with van der Waals surface area (Å²) >= 11 is 0. The van der Waals surface area contributed by atoms with Gasteiger partial charge >= 0.3 is 0 Å². The number of hydrogen-bond acceptors (Lipinski definition) is 2. The van der Waals surface area contributed by atoms with Crippen molar-refractivity contribution in [1.82, 2.24) is 0 Å². The van der Waals surface area contributed by atoms with Crippen LogP contribution in [-0.2, 0) is 6.42 Å². The third kappa shape index (κ3) is 3.05. The zero-order chi connectivity index (χ0) is 14.7. The summed E-state index contributed by atoms with van der Waals surface area (Å²) in [7, 11) is 0. The molecule has 0 spiro atoms. The maximum Gasteiger partial charge on any atom is 0.198 e. The zero-order valence-corrected chi connectivity index (χ0v) is 11.8. The Balaban J connectivity index is 1.71. The van der Waals surface area contributed by atoms with Crippen molar-refractivity contribution in [1.29, 1.82) is 0 Å². The molecule has 0 amide bonds. The van der Waals surface area contributed by atoms with Crippen molar-refractivity contribution in [2.45, 2.75) is 12.8 Å². The van der Waals surface area contributed by atoms with E-state index in [4.69, 9.17) is 4.42 Å². The number of benzene rings is 2. The molecule has 3 rings (SSSR count). The van der Waals surface area contributed by atoms with E-state index in [2.05, 4.69) is 19.1 Å². The van der Waals surface area contributed by atoms with Crippen LogP contribution in [0.4, 0.5) is 0 Å². The first-order valence-electron chi connectivity index (χ1n) is 7.10. The maximum absolute atomic E-state index is 12.4. The van der Waals surface area contributed by atoms with Gasteiger partial charge in [-0.25, -0.2) is 0 Å². The molecule has 105 valence electrons. The Hall–Kier alpha value is -2.35. The minimum atomic E-state index is 0.0205. The van der Waals surface area contributed by atoms with Crippen molar-refractivity contribution in [3.8, 4) is 0 Å². The molecule has 2 heteroatoms. The van der Waals surface area contributed by atoms with Gasteiger partial charge in [-0.3, -0.25) is 4.79 Å². The van der Waals surface area contributed by atoms with Crippen LogP contribution in [0.3, 0.4) is 0 Å². The summed E-state index contributed by atoms with van der Waals surface area (Å²) in [5, 5.41) is 1.85. The highest BCUT2D eigenvalue weighted by molar-refractivity contribution is 6.05. The fourth-order valence-electron chi connectivity index (χ4n) is 2.58. The quantitative estimate of drug-likeness (QED) is 0.633. The molecular formula is C19H17O2. The third-order valence-corrected chi connectivity index (χ3v) is 3.60. The molecule has 0 saturated carbocycles. The molecule has 1 aromatic heterocycles. The van der Waals surface area contributed by atoms with Gasteiger partial charge in [0, 0.05) is 17.2 Å². The second-order valence-electron chi connectivity index (χ2n) is 5.34. The Labute approximate surface area is 124 Å². The summed E-state index contributed by atoms with van der Waals surface area (Å²) < 4.78 is 5.45. The van der Waals surface area contributed by atoms with Gasteiger partial charge < -0.3 is 4.42 Å². The normalized spacial score (nSPS) is 12.4. The van der Waals surface area contributed by atoms with E-state index in [1.165, 1.54) is 5.56 Å². The Morgan fingerprint density at radius 1 is 1.05 bits per heavy atom. The molecule has 0 aliphatic rings. The van der Waals surface area contributed by atoms with Gasteiger partial charge in [-0.1, -0.05) is 54.6 Å². The van der Waals surface area contributed by atoms with Gasteiger partial charge in [0.1, 0.15) is 0 Å². The SMILES string of the molecule is [CH2]C(CC(=O)c1occ2ccccc12)Cc1ccccc1. The molecule has 1 unspecified atom stereocenters. The number of furan rings is 1. The van der Waals surface area contributed by atoms with Gasteiger partial charge in [-0.05, 0) is 24.8 Å². The summed E-state index contributed by atoms with van der Waals surface area (Å²) in [6.07, 6.45) is 2.83. The molecule has 0 saturated heterocycles. The highest BCUT2D eigenvalue weighted by atomic mass is 16.3. The van der Waals surface area contributed by atoms with E-state index >= 15 is 0 Å². The molecule has 0 aliphatic heterocycles. The molecule has 0 N–H and O–H groups in total. The van der Waals surface area contributed by atoms with Crippen molar-refractivity contribution in [2.24, 2.45) is 5.92 Å². The van der Waals surface area contributed by atoms with E-state index in [1.54, 1.807) is 6.26 Å². The zero-order valence-electron chi connectivity index (χ0n) is 11.8. The first-order chi connectivity index (χ1) is 10.2. The van der Waals surface area contributed by atoms with Crippen LogP contribution in [0.15, 0.2) is 65.3 Å². The Morgan fingerprint density at radius 3 is 2.57 bits per heavy atom. The van der Waals surface area contributed by atoms with Crippen LogP contribution >= 0.6 is 0 Å². The van der Waals surface area contributed by atoms with Gasteiger partial charge in [0.2, 0.25) is 0 Å². The minimum Gasteiger partial charge on any atom is -0.460 e. The number of hydrogen-bond donors (Lipinski definition) is 0. The van der Waals surface area contributed by atoms with Gasteiger partial charge in [0.05, 0.1) is 6.26 Å². The van der Waals surface area contributed by atoms with Crippen LogP contribution in [0, 0.1) is 12.8 Å². The second kappa shape index (κ2) is 5.96. The molecule has 1 radical (unpaired) electrons. The van der Waals surface area contributed by atoms with Crippen molar-refractivity contribution < 1.29 is 9.21 Å². The lowest BCUT2D eigenvalue weighted by molar-refractivity contribution is 0.0944. The van der Waals surface area contributed by atoms with Crippen LogP contribution in [0.1, 0.15) is 22.5 Å². The van der Waals surface area contributed by atoms with Crippen molar-refractivity contribution in [3.05, 3.63) is 79.1 Å². The second-order valence-corrected chi connectivity index (χ2v) is 5.34. The average Bonchev–Trinajstić information content (AvgIpc) is 2.92. The van der Waals surface area contributed by atoms with Crippen molar-refractivity contribution >= 4 is 16.6 Å².